The number of ketones is 1. The number of carboxylic acid groups (broad SMARTS) is 2. The van der Waals surface area contributed by atoms with E-state index in [1.54, 1.807) is 0 Å². The van der Waals surface area contributed by atoms with Gasteiger partial charge in [0, 0.05) is 32.2 Å². The molecule has 0 saturated heterocycles. The summed E-state index contributed by atoms with van der Waals surface area (Å²) >= 11 is 0. The first-order chi connectivity index (χ1) is 30.2. The fraction of sp³-hybridized carbons (Fsp3) is 0.889. The second-order valence-electron chi connectivity index (χ2n) is 15.2. The van der Waals surface area contributed by atoms with Crippen LogP contribution in [0.2, 0.25) is 0 Å². The average Bonchev–Trinajstić information content (AvgIpc) is 3.24. The van der Waals surface area contributed by atoms with Gasteiger partial charge in [0.15, 0.2) is 0 Å². The molecule has 0 radical (unpaired) electrons. The number of ether oxygens (including phenoxy) is 8. The van der Waals surface area contributed by atoms with Crippen LogP contribution in [0.5, 0.6) is 0 Å². The van der Waals surface area contributed by atoms with Gasteiger partial charge in [0.1, 0.15) is 11.8 Å². The van der Waals surface area contributed by atoms with E-state index < -0.39 is 18.0 Å². The van der Waals surface area contributed by atoms with Crippen molar-refractivity contribution >= 4 is 29.5 Å². The number of rotatable bonds is 51. The van der Waals surface area contributed by atoms with Crippen molar-refractivity contribution in [2.24, 2.45) is 0 Å². The Balaban J connectivity index is 3.48. The van der Waals surface area contributed by atoms with Crippen LogP contribution in [0.15, 0.2) is 0 Å². The second kappa shape index (κ2) is 47.7. The molecule has 17 heteroatoms. The number of carboxylic acids is 2. The first-order valence-corrected chi connectivity index (χ1v) is 23.3. The maximum absolute atomic E-state index is 12.3. The molecule has 0 aliphatic heterocycles. The molecule has 0 spiro atoms. The van der Waals surface area contributed by atoms with Gasteiger partial charge >= 0.3 is 11.9 Å². The molecular formula is C45H84N2O15. The molecule has 364 valence electrons. The summed E-state index contributed by atoms with van der Waals surface area (Å²) in [6, 6.07) is -1.11. The Morgan fingerprint density at radius 3 is 1.05 bits per heavy atom. The van der Waals surface area contributed by atoms with Crippen molar-refractivity contribution in [3.05, 3.63) is 0 Å². The summed E-state index contributed by atoms with van der Waals surface area (Å²) < 4.78 is 43.4. The quantitative estimate of drug-likeness (QED) is 0.0540. The fourth-order valence-corrected chi connectivity index (χ4v) is 6.04. The monoisotopic (exact) mass is 893 g/mol. The third-order valence-electron chi connectivity index (χ3n) is 9.61. The van der Waals surface area contributed by atoms with E-state index in [0.29, 0.717) is 112 Å². The Kier molecular flexibility index (Phi) is 45.6. The zero-order chi connectivity index (χ0) is 45.4. The highest BCUT2D eigenvalue weighted by atomic mass is 16.6. The van der Waals surface area contributed by atoms with Crippen LogP contribution in [-0.2, 0) is 61.9 Å². The number of carbonyl (C=O) groups is 5. The van der Waals surface area contributed by atoms with E-state index in [2.05, 4.69) is 10.6 Å². The minimum absolute atomic E-state index is 0.0123. The summed E-state index contributed by atoms with van der Waals surface area (Å²) in [5, 5.41) is 23.5. The average molecular weight is 893 g/mol. The summed E-state index contributed by atoms with van der Waals surface area (Å²) in [6.07, 6.45) is 19.0. The van der Waals surface area contributed by atoms with Crippen molar-refractivity contribution in [1.29, 1.82) is 0 Å². The minimum Gasteiger partial charge on any atom is -0.481 e. The standard InChI is InChI=1S/C45H84N2O15/c1-40(48)22-24-55-26-28-57-30-32-59-34-36-61-38-39-62-37-35-60-33-31-58-29-27-56-25-23-46-42(49)21-20-41(45(53)54)47-43(50)18-16-14-12-10-8-6-4-2-3-5-7-9-11-13-15-17-19-44(51)52/h41H,2-39H2,1H3,(H,46,49)(H,47,50)(H,51,52)(H,53,54). The molecule has 0 aromatic heterocycles. The molecule has 62 heavy (non-hydrogen) atoms. The number of hydrogen-bond donors (Lipinski definition) is 4. The predicted molar refractivity (Wildman–Crippen MR) is 234 cm³/mol. The lowest BCUT2D eigenvalue weighted by Gasteiger charge is -2.14. The van der Waals surface area contributed by atoms with Crippen molar-refractivity contribution in [2.75, 3.05) is 112 Å². The summed E-state index contributed by atoms with van der Waals surface area (Å²) in [7, 11) is 0. The van der Waals surface area contributed by atoms with E-state index in [0.717, 1.165) is 38.5 Å². The van der Waals surface area contributed by atoms with Crippen LogP contribution in [0.4, 0.5) is 0 Å². The van der Waals surface area contributed by atoms with Crippen LogP contribution < -0.4 is 10.6 Å². The topological polar surface area (TPSA) is 224 Å². The van der Waals surface area contributed by atoms with Gasteiger partial charge in [-0.25, -0.2) is 4.79 Å². The zero-order valence-electron chi connectivity index (χ0n) is 38.1. The summed E-state index contributed by atoms with van der Waals surface area (Å²) in [6.45, 7) is 8.72. The number of aliphatic carboxylic acids is 2. The SMILES string of the molecule is CC(=O)CCOCCOCCOCCOCCOCCOCCOCCOCCNC(=O)CCC(NC(=O)CCCCCCCCCCCCCCCCCCC(=O)O)C(=O)O. The largest absolute Gasteiger partial charge is 0.481 e. The van der Waals surface area contributed by atoms with E-state index in [1.807, 2.05) is 0 Å². The normalized spacial score (nSPS) is 11.8. The van der Waals surface area contributed by atoms with E-state index >= 15 is 0 Å². The molecule has 2 amide bonds. The third kappa shape index (κ3) is 48.3. The molecule has 4 N–H and O–H groups in total. The molecule has 0 heterocycles. The number of nitrogens with one attached hydrogen (secondary N) is 2. The van der Waals surface area contributed by atoms with Gasteiger partial charge in [-0.15, -0.1) is 0 Å². The van der Waals surface area contributed by atoms with Gasteiger partial charge in [-0.2, -0.15) is 0 Å². The predicted octanol–water partition coefficient (Wildman–Crippen LogP) is 5.67. The summed E-state index contributed by atoms with van der Waals surface area (Å²) in [4.78, 5) is 57.5. The van der Waals surface area contributed by atoms with Gasteiger partial charge in [0.05, 0.1) is 106 Å². The Morgan fingerprint density at radius 2 is 0.710 bits per heavy atom. The molecule has 1 atom stereocenters. The summed E-state index contributed by atoms with van der Waals surface area (Å²) in [5.41, 5.74) is 0. The van der Waals surface area contributed by atoms with Crippen molar-refractivity contribution in [2.45, 2.75) is 148 Å². The molecule has 0 fully saturated rings. The van der Waals surface area contributed by atoms with Gasteiger partial charge in [-0.3, -0.25) is 19.2 Å². The van der Waals surface area contributed by atoms with Crippen LogP contribution in [0.3, 0.4) is 0 Å². The molecule has 0 bridgehead atoms. The van der Waals surface area contributed by atoms with E-state index in [1.165, 1.54) is 64.7 Å². The highest BCUT2D eigenvalue weighted by Crippen LogP contribution is 2.14. The molecule has 17 nitrogen and oxygen atoms in total. The zero-order valence-corrected chi connectivity index (χ0v) is 38.1. The van der Waals surface area contributed by atoms with Crippen molar-refractivity contribution < 1.29 is 72.1 Å². The molecule has 0 aromatic carbocycles. The second-order valence-corrected chi connectivity index (χ2v) is 15.2. The van der Waals surface area contributed by atoms with Crippen molar-refractivity contribution in [1.82, 2.24) is 10.6 Å². The van der Waals surface area contributed by atoms with Gasteiger partial charge < -0.3 is 58.7 Å². The van der Waals surface area contributed by atoms with Gasteiger partial charge in [-0.1, -0.05) is 89.9 Å². The Morgan fingerprint density at radius 1 is 0.387 bits per heavy atom. The number of Topliss-reactive ketones (excluding diaryl/α,β-unsaturated/α-hetero) is 1. The lowest BCUT2D eigenvalue weighted by molar-refractivity contribution is -0.142. The van der Waals surface area contributed by atoms with E-state index in [9.17, 15) is 29.1 Å². The smallest absolute Gasteiger partial charge is 0.326 e. The van der Waals surface area contributed by atoms with Gasteiger partial charge in [-0.05, 0) is 26.2 Å². The highest BCUT2D eigenvalue weighted by molar-refractivity contribution is 5.84. The van der Waals surface area contributed by atoms with Crippen LogP contribution in [0.25, 0.3) is 0 Å². The van der Waals surface area contributed by atoms with Gasteiger partial charge in [0.25, 0.3) is 0 Å². The van der Waals surface area contributed by atoms with Crippen LogP contribution in [-0.4, -0.2) is 158 Å². The Labute approximate surface area is 371 Å². The molecule has 0 saturated carbocycles. The highest BCUT2D eigenvalue weighted by Gasteiger charge is 2.20. The Hall–Kier alpha value is -2.77. The Bertz CT molecular complexity index is 1070. The molecule has 0 aliphatic rings. The van der Waals surface area contributed by atoms with Crippen LogP contribution in [0.1, 0.15) is 142 Å². The van der Waals surface area contributed by atoms with Gasteiger partial charge in [0.2, 0.25) is 11.8 Å². The van der Waals surface area contributed by atoms with E-state index in [-0.39, 0.29) is 56.4 Å². The number of carbonyl (C=O) groups excluding carboxylic acids is 3. The maximum Gasteiger partial charge on any atom is 0.326 e. The fourth-order valence-electron chi connectivity index (χ4n) is 6.04. The summed E-state index contributed by atoms with van der Waals surface area (Å²) in [5.74, 6) is -2.35. The molecule has 0 rings (SSSR count). The van der Waals surface area contributed by atoms with Crippen molar-refractivity contribution in [3.8, 4) is 0 Å². The van der Waals surface area contributed by atoms with Crippen LogP contribution >= 0.6 is 0 Å². The molecule has 0 aliphatic carbocycles. The molecule has 0 aromatic rings. The third-order valence-corrected chi connectivity index (χ3v) is 9.61. The molecule has 1 unspecified atom stereocenters. The number of hydrogen-bond acceptors (Lipinski definition) is 13. The first-order valence-electron chi connectivity index (χ1n) is 23.3. The lowest BCUT2D eigenvalue weighted by Crippen LogP contribution is -2.41. The number of unbranched alkanes of at least 4 members (excludes halogenated alkanes) is 15. The minimum atomic E-state index is -1.15. The van der Waals surface area contributed by atoms with E-state index in [4.69, 9.17) is 43.0 Å². The van der Waals surface area contributed by atoms with Crippen molar-refractivity contribution in [3.63, 3.8) is 0 Å². The maximum atomic E-state index is 12.3. The van der Waals surface area contributed by atoms with Crippen LogP contribution in [0, 0.1) is 0 Å². The molecular weight excluding hydrogens is 808 g/mol. The first kappa shape index (κ1) is 59.2. The lowest BCUT2D eigenvalue weighted by atomic mass is 10.0. The number of amides is 2.